The molecule has 6 heteroatoms. The molecule has 5 nitrogen and oxygen atoms in total. The van der Waals surface area contributed by atoms with Crippen LogP contribution in [0.15, 0.2) is 24.3 Å². The Bertz CT molecular complexity index is 785. The van der Waals surface area contributed by atoms with Gasteiger partial charge in [0.1, 0.15) is 5.75 Å². The highest BCUT2D eigenvalue weighted by molar-refractivity contribution is 6.74. The van der Waals surface area contributed by atoms with Gasteiger partial charge in [-0.05, 0) is 73.9 Å². The molecule has 0 saturated heterocycles. The molecule has 0 radical (unpaired) electrons. The van der Waals surface area contributed by atoms with E-state index in [9.17, 15) is 10.2 Å². The van der Waals surface area contributed by atoms with Crippen molar-refractivity contribution in [1.29, 1.82) is 0 Å². The third-order valence-corrected chi connectivity index (χ3v) is 13.5. The van der Waals surface area contributed by atoms with Crippen LogP contribution in [0.4, 0.5) is 0 Å². The van der Waals surface area contributed by atoms with Gasteiger partial charge in [-0.1, -0.05) is 46.8 Å². The van der Waals surface area contributed by atoms with Crippen molar-refractivity contribution < 1.29 is 24.1 Å². The van der Waals surface area contributed by atoms with Crippen molar-refractivity contribution in [2.24, 2.45) is 11.3 Å². The largest absolute Gasteiger partial charge is 0.497 e. The summed E-state index contributed by atoms with van der Waals surface area (Å²) in [7, 11) is -0.372. The number of aliphatic hydroxyl groups excluding tert-OH is 1. The first-order valence-electron chi connectivity index (χ1n) is 12.6. The third-order valence-electron chi connectivity index (χ3n) is 9.01. The summed E-state index contributed by atoms with van der Waals surface area (Å²) >= 11 is 0. The quantitative estimate of drug-likeness (QED) is 0.515. The fraction of sp³-hybridized carbons (Fsp3) is 0.778. The van der Waals surface area contributed by atoms with Gasteiger partial charge in [0.15, 0.2) is 8.32 Å². The van der Waals surface area contributed by atoms with Crippen LogP contribution in [0.1, 0.15) is 72.3 Å². The molecule has 5 atom stereocenters. The van der Waals surface area contributed by atoms with Crippen molar-refractivity contribution in [2.45, 2.75) is 115 Å². The smallest absolute Gasteiger partial charge is 0.192 e. The topological polar surface area (TPSA) is 68.2 Å². The van der Waals surface area contributed by atoms with Crippen molar-refractivity contribution in [2.75, 3.05) is 7.11 Å². The standard InChI is InChI=1S/C27H46O5Si/c1-25(2,3)33(7,8)32-22-10-9-11-23(28)27(29)17-16-21(26(27,4)5)24(22)31-18-19-12-14-20(30-6)15-13-19/h12-15,21-24,28-29H,9-11,16-18H2,1-8H3/t21?,22-,23-,24+,27?/m0/s1. The molecule has 33 heavy (non-hydrogen) atoms. The second kappa shape index (κ2) is 9.61. The molecule has 2 fully saturated rings. The van der Waals surface area contributed by atoms with E-state index in [2.05, 4.69) is 47.7 Å². The molecule has 0 amide bonds. The first-order valence-corrected chi connectivity index (χ1v) is 15.5. The van der Waals surface area contributed by atoms with Crippen molar-refractivity contribution in [3.63, 3.8) is 0 Å². The maximum atomic E-state index is 11.6. The molecule has 1 aromatic rings. The number of hydrogen-bond donors (Lipinski definition) is 2. The molecule has 0 spiro atoms. The Balaban J connectivity index is 1.94. The Labute approximate surface area is 202 Å². The van der Waals surface area contributed by atoms with Gasteiger partial charge in [0, 0.05) is 5.41 Å². The van der Waals surface area contributed by atoms with Crippen LogP contribution in [0, 0.1) is 11.3 Å². The van der Waals surface area contributed by atoms with Crippen molar-refractivity contribution in [1.82, 2.24) is 0 Å². The van der Waals surface area contributed by atoms with E-state index in [1.54, 1.807) is 7.11 Å². The third kappa shape index (κ3) is 5.20. The minimum atomic E-state index is -2.04. The number of hydrogen-bond acceptors (Lipinski definition) is 5. The van der Waals surface area contributed by atoms with Gasteiger partial charge in [-0.2, -0.15) is 0 Å². The number of aliphatic hydroxyl groups is 2. The summed E-state index contributed by atoms with van der Waals surface area (Å²) in [6.45, 7) is 16.1. The van der Waals surface area contributed by atoms with Gasteiger partial charge in [0.05, 0.1) is 37.6 Å². The second-order valence-corrected chi connectivity index (χ2v) is 17.0. The van der Waals surface area contributed by atoms with E-state index in [1.807, 2.05) is 24.3 Å². The lowest BCUT2D eigenvalue weighted by Gasteiger charge is -2.47. The lowest BCUT2D eigenvalue weighted by molar-refractivity contribution is -0.160. The average molecular weight is 479 g/mol. The highest BCUT2D eigenvalue weighted by Crippen LogP contribution is 2.56. The number of rotatable bonds is 6. The summed E-state index contributed by atoms with van der Waals surface area (Å²) in [6.07, 6.45) is 2.75. The number of fused-ring (bicyclic) bond motifs is 2. The monoisotopic (exact) mass is 478 g/mol. The van der Waals surface area contributed by atoms with Gasteiger partial charge < -0.3 is 24.1 Å². The van der Waals surface area contributed by atoms with Crippen LogP contribution in [0.2, 0.25) is 18.1 Å². The van der Waals surface area contributed by atoms with Crippen LogP contribution in [0.3, 0.4) is 0 Å². The van der Waals surface area contributed by atoms with Gasteiger partial charge >= 0.3 is 0 Å². The zero-order chi connectivity index (χ0) is 24.7. The van der Waals surface area contributed by atoms with E-state index < -0.39 is 25.4 Å². The molecule has 2 unspecified atom stereocenters. The molecule has 188 valence electrons. The molecule has 2 saturated carbocycles. The van der Waals surface area contributed by atoms with Crippen LogP contribution in [0.25, 0.3) is 0 Å². The summed E-state index contributed by atoms with van der Waals surface area (Å²) in [5, 5.41) is 22.7. The Morgan fingerprint density at radius 1 is 1.06 bits per heavy atom. The highest BCUT2D eigenvalue weighted by Gasteiger charge is 2.61. The van der Waals surface area contributed by atoms with Gasteiger partial charge in [-0.3, -0.25) is 0 Å². The normalized spacial score (nSPS) is 32.7. The molecule has 3 rings (SSSR count). The zero-order valence-electron chi connectivity index (χ0n) is 22.0. The van der Waals surface area contributed by atoms with Gasteiger partial charge in [0.2, 0.25) is 0 Å². The number of benzene rings is 1. The summed E-state index contributed by atoms with van der Waals surface area (Å²) in [6, 6.07) is 8.00. The van der Waals surface area contributed by atoms with Gasteiger partial charge in [0.25, 0.3) is 0 Å². The predicted molar refractivity (Wildman–Crippen MR) is 135 cm³/mol. The van der Waals surface area contributed by atoms with Gasteiger partial charge in [-0.25, -0.2) is 0 Å². The fourth-order valence-corrected chi connectivity index (χ4v) is 6.91. The fourth-order valence-electron chi connectivity index (χ4n) is 5.54. The molecular weight excluding hydrogens is 432 g/mol. The highest BCUT2D eigenvalue weighted by atomic mass is 28.4. The van der Waals surface area contributed by atoms with E-state index in [0.29, 0.717) is 19.4 Å². The van der Waals surface area contributed by atoms with Crippen LogP contribution >= 0.6 is 0 Å². The average Bonchev–Trinajstić information content (AvgIpc) is 2.98. The maximum absolute atomic E-state index is 11.6. The van der Waals surface area contributed by atoms with E-state index >= 15 is 0 Å². The minimum absolute atomic E-state index is 0.0546. The van der Waals surface area contributed by atoms with Crippen molar-refractivity contribution in [3.05, 3.63) is 29.8 Å². The maximum Gasteiger partial charge on any atom is 0.192 e. The SMILES string of the molecule is COc1ccc(CO[C@@H]2C3CCC(O)([C@@H](O)CCC[C@@H]2O[Si](C)(C)C(C)(C)C)C3(C)C)cc1. The van der Waals surface area contributed by atoms with Crippen molar-refractivity contribution in [3.8, 4) is 5.75 Å². The zero-order valence-corrected chi connectivity index (χ0v) is 23.0. The molecule has 2 aliphatic rings. The molecule has 2 N–H and O–H groups in total. The van der Waals surface area contributed by atoms with E-state index in [-0.39, 0.29) is 23.2 Å². The summed E-state index contributed by atoms with van der Waals surface area (Å²) < 4.78 is 19.0. The molecule has 2 aliphatic carbocycles. The first-order chi connectivity index (χ1) is 15.2. The van der Waals surface area contributed by atoms with Crippen LogP contribution in [-0.4, -0.2) is 49.6 Å². The Morgan fingerprint density at radius 3 is 2.27 bits per heavy atom. The molecular formula is C27H46O5Si. The van der Waals surface area contributed by atoms with E-state index in [4.69, 9.17) is 13.9 Å². The lowest BCUT2D eigenvalue weighted by atomic mass is 9.68. The number of ether oxygens (including phenoxy) is 2. The second-order valence-electron chi connectivity index (χ2n) is 12.3. The first kappa shape index (κ1) is 26.7. The Morgan fingerprint density at radius 2 is 1.70 bits per heavy atom. The minimum Gasteiger partial charge on any atom is -0.497 e. The van der Waals surface area contributed by atoms with Crippen LogP contribution in [0.5, 0.6) is 5.75 Å². The lowest BCUT2D eigenvalue weighted by Crippen LogP contribution is -2.55. The summed E-state index contributed by atoms with van der Waals surface area (Å²) in [5.41, 5.74) is -0.477. The molecule has 2 bridgehead atoms. The van der Waals surface area contributed by atoms with E-state index in [0.717, 1.165) is 30.6 Å². The predicted octanol–water partition coefficient (Wildman–Crippen LogP) is 5.68. The van der Waals surface area contributed by atoms with Gasteiger partial charge in [-0.15, -0.1) is 0 Å². The summed E-state index contributed by atoms with van der Waals surface area (Å²) in [4.78, 5) is 0. The molecule has 0 heterocycles. The Kier molecular flexibility index (Phi) is 7.77. The molecule has 0 aliphatic heterocycles. The molecule has 1 aromatic carbocycles. The molecule has 0 aromatic heterocycles. The Hall–Kier alpha value is -0.923. The number of methoxy groups -OCH3 is 1. The van der Waals surface area contributed by atoms with Crippen molar-refractivity contribution >= 4 is 8.32 Å². The summed E-state index contributed by atoms with van der Waals surface area (Å²) in [5.74, 6) is 0.930. The van der Waals surface area contributed by atoms with Crippen LogP contribution < -0.4 is 4.74 Å². The van der Waals surface area contributed by atoms with E-state index in [1.165, 1.54) is 0 Å². The van der Waals surface area contributed by atoms with Crippen LogP contribution in [-0.2, 0) is 15.8 Å².